The van der Waals surface area contributed by atoms with E-state index in [4.69, 9.17) is 11.6 Å². The van der Waals surface area contributed by atoms with Gasteiger partial charge in [-0.3, -0.25) is 9.69 Å². The molecule has 0 bridgehead atoms. The fourth-order valence-corrected chi connectivity index (χ4v) is 2.69. The van der Waals surface area contributed by atoms with E-state index in [1.54, 1.807) is 12.1 Å². The van der Waals surface area contributed by atoms with Crippen LogP contribution in [0.3, 0.4) is 0 Å². The van der Waals surface area contributed by atoms with Gasteiger partial charge in [0.25, 0.3) is 0 Å². The van der Waals surface area contributed by atoms with E-state index >= 15 is 0 Å². The Labute approximate surface area is 125 Å². The number of halogens is 1. The highest BCUT2D eigenvalue weighted by Gasteiger charge is 2.18. The van der Waals surface area contributed by atoms with E-state index in [0.29, 0.717) is 17.6 Å². The summed E-state index contributed by atoms with van der Waals surface area (Å²) in [7, 11) is 0. The summed E-state index contributed by atoms with van der Waals surface area (Å²) in [5, 5.41) is 6.98. The van der Waals surface area contributed by atoms with Gasteiger partial charge in [-0.15, -0.1) is 0 Å². The van der Waals surface area contributed by atoms with Crippen molar-refractivity contribution in [1.82, 2.24) is 10.2 Å². The lowest BCUT2D eigenvalue weighted by Crippen LogP contribution is -2.41. The van der Waals surface area contributed by atoms with Gasteiger partial charge in [0.05, 0.1) is 6.54 Å². The van der Waals surface area contributed by atoms with E-state index < -0.39 is 0 Å². The third-order valence-electron chi connectivity index (χ3n) is 3.56. The number of hydrogen-bond donors (Lipinski definition) is 2. The molecule has 2 rings (SSSR count). The molecule has 20 heavy (non-hydrogen) atoms. The lowest BCUT2D eigenvalue weighted by molar-refractivity contribution is -0.117. The normalized spacial score (nSPS) is 18.4. The molecule has 2 N–H and O–H groups in total. The third-order valence-corrected chi connectivity index (χ3v) is 3.80. The number of hydrogen-bond acceptors (Lipinski definition) is 3. The molecule has 110 valence electrons. The molecule has 1 heterocycles. The molecular weight excluding hydrogens is 274 g/mol. The number of nitrogens with one attached hydrogen (secondary N) is 2. The highest BCUT2D eigenvalue weighted by atomic mass is 35.5. The second-order valence-electron chi connectivity index (χ2n) is 5.18. The van der Waals surface area contributed by atoms with Crippen molar-refractivity contribution in [1.29, 1.82) is 0 Å². The Balaban J connectivity index is 1.82. The molecule has 0 spiro atoms. The first-order chi connectivity index (χ1) is 9.67. The minimum atomic E-state index is 0.00659. The quantitative estimate of drug-likeness (QED) is 0.847. The molecule has 0 aromatic heterocycles. The Morgan fingerprint density at radius 2 is 2.40 bits per heavy atom. The Morgan fingerprint density at radius 1 is 1.55 bits per heavy atom. The fourth-order valence-electron chi connectivity index (χ4n) is 2.50. The molecule has 1 unspecified atom stereocenters. The van der Waals surface area contributed by atoms with Crippen LogP contribution in [-0.2, 0) is 4.79 Å². The van der Waals surface area contributed by atoms with Crippen LogP contribution in [0.1, 0.15) is 19.8 Å². The molecule has 1 atom stereocenters. The minimum Gasteiger partial charge on any atom is -0.325 e. The molecule has 1 aliphatic rings. The van der Waals surface area contributed by atoms with Gasteiger partial charge >= 0.3 is 0 Å². The van der Waals surface area contributed by atoms with Crippen molar-refractivity contribution in [3.05, 3.63) is 29.3 Å². The predicted octanol–water partition coefficient (Wildman–Crippen LogP) is 2.35. The van der Waals surface area contributed by atoms with E-state index in [1.165, 1.54) is 12.8 Å². The Hall–Kier alpha value is -1.10. The first kappa shape index (κ1) is 15.3. The summed E-state index contributed by atoms with van der Waals surface area (Å²) in [6.07, 6.45) is 2.43. The second kappa shape index (κ2) is 7.62. The molecule has 0 radical (unpaired) electrons. The summed E-state index contributed by atoms with van der Waals surface area (Å²) >= 11 is 5.90. The number of amides is 1. The molecular formula is C15H22ClN3O. The maximum absolute atomic E-state index is 12.1. The van der Waals surface area contributed by atoms with Crippen LogP contribution in [-0.4, -0.2) is 43.0 Å². The smallest absolute Gasteiger partial charge is 0.238 e. The van der Waals surface area contributed by atoms with Crippen molar-refractivity contribution in [3.63, 3.8) is 0 Å². The summed E-state index contributed by atoms with van der Waals surface area (Å²) in [5.74, 6) is 0.00659. The summed E-state index contributed by atoms with van der Waals surface area (Å²) < 4.78 is 0. The van der Waals surface area contributed by atoms with Crippen molar-refractivity contribution < 1.29 is 4.79 Å². The van der Waals surface area contributed by atoms with Gasteiger partial charge in [-0.1, -0.05) is 24.6 Å². The minimum absolute atomic E-state index is 0.00659. The van der Waals surface area contributed by atoms with Crippen molar-refractivity contribution in [3.8, 4) is 0 Å². The Bertz CT molecular complexity index is 446. The molecule has 1 amide bonds. The second-order valence-corrected chi connectivity index (χ2v) is 5.62. The molecule has 1 saturated heterocycles. The van der Waals surface area contributed by atoms with E-state index in [1.807, 2.05) is 12.1 Å². The van der Waals surface area contributed by atoms with Gasteiger partial charge in [-0.05, 0) is 44.1 Å². The zero-order valence-electron chi connectivity index (χ0n) is 11.9. The van der Waals surface area contributed by atoms with Crippen LogP contribution in [0.2, 0.25) is 5.02 Å². The first-order valence-corrected chi connectivity index (χ1v) is 7.56. The van der Waals surface area contributed by atoms with E-state index in [0.717, 1.165) is 25.3 Å². The van der Waals surface area contributed by atoms with Crippen LogP contribution >= 0.6 is 11.6 Å². The Kier molecular flexibility index (Phi) is 5.83. The molecule has 4 nitrogen and oxygen atoms in total. The molecule has 1 aromatic carbocycles. The van der Waals surface area contributed by atoms with Crippen molar-refractivity contribution in [2.75, 3.05) is 31.5 Å². The van der Waals surface area contributed by atoms with E-state index in [-0.39, 0.29) is 5.91 Å². The average molecular weight is 296 g/mol. The van der Waals surface area contributed by atoms with Gasteiger partial charge < -0.3 is 10.6 Å². The average Bonchev–Trinajstić information content (AvgIpc) is 2.90. The fraction of sp³-hybridized carbons (Fsp3) is 0.533. The van der Waals surface area contributed by atoms with Gasteiger partial charge in [0.1, 0.15) is 0 Å². The van der Waals surface area contributed by atoms with Crippen LogP contribution in [0.15, 0.2) is 24.3 Å². The van der Waals surface area contributed by atoms with E-state index in [2.05, 4.69) is 22.5 Å². The largest absolute Gasteiger partial charge is 0.325 e. The molecule has 1 aliphatic heterocycles. The number of benzene rings is 1. The van der Waals surface area contributed by atoms with Crippen LogP contribution < -0.4 is 10.6 Å². The SMILES string of the molecule is CCN(CC(=O)Nc1cccc(Cl)c1)CC1CCCN1. The highest BCUT2D eigenvalue weighted by molar-refractivity contribution is 6.30. The topological polar surface area (TPSA) is 44.4 Å². The highest BCUT2D eigenvalue weighted by Crippen LogP contribution is 2.15. The zero-order chi connectivity index (χ0) is 14.4. The monoisotopic (exact) mass is 295 g/mol. The summed E-state index contributed by atoms with van der Waals surface area (Å²) in [6, 6.07) is 7.75. The molecule has 1 fully saturated rings. The maximum Gasteiger partial charge on any atom is 0.238 e. The predicted molar refractivity (Wildman–Crippen MR) is 83.2 cm³/mol. The third kappa shape index (κ3) is 4.78. The summed E-state index contributed by atoms with van der Waals surface area (Å²) in [5.41, 5.74) is 0.748. The Morgan fingerprint density at radius 3 is 3.05 bits per heavy atom. The lowest BCUT2D eigenvalue weighted by Gasteiger charge is -2.23. The molecule has 5 heteroatoms. The lowest BCUT2D eigenvalue weighted by atomic mass is 10.2. The van der Waals surface area contributed by atoms with Crippen molar-refractivity contribution in [2.24, 2.45) is 0 Å². The number of nitrogens with zero attached hydrogens (tertiary/aromatic N) is 1. The number of carbonyl (C=O) groups excluding carboxylic acids is 1. The summed E-state index contributed by atoms with van der Waals surface area (Å²) in [4.78, 5) is 14.2. The van der Waals surface area contributed by atoms with Crippen molar-refractivity contribution >= 4 is 23.2 Å². The summed E-state index contributed by atoms with van der Waals surface area (Å²) in [6.45, 7) is 5.40. The van der Waals surface area contributed by atoms with Crippen LogP contribution in [0.25, 0.3) is 0 Å². The van der Waals surface area contributed by atoms with Gasteiger partial charge in [0.2, 0.25) is 5.91 Å². The van der Waals surface area contributed by atoms with Crippen LogP contribution in [0, 0.1) is 0 Å². The molecule has 0 aliphatic carbocycles. The van der Waals surface area contributed by atoms with Crippen LogP contribution in [0.5, 0.6) is 0 Å². The molecule has 0 saturated carbocycles. The maximum atomic E-state index is 12.1. The number of rotatable bonds is 6. The van der Waals surface area contributed by atoms with E-state index in [9.17, 15) is 4.79 Å². The number of anilines is 1. The van der Waals surface area contributed by atoms with Crippen LogP contribution in [0.4, 0.5) is 5.69 Å². The van der Waals surface area contributed by atoms with Gasteiger partial charge in [-0.2, -0.15) is 0 Å². The zero-order valence-corrected chi connectivity index (χ0v) is 12.6. The van der Waals surface area contributed by atoms with Gasteiger partial charge in [0, 0.05) is 23.3 Å². The number of likely N-dealkylation sites (N-methyl/N-ethyl adjacent to an activating group) is 1. The standard InChI is InChI=1S/C15H22ClN3O/c1-2-19(10-14-7-4-8-17-14)11-15(20)18-13-6-3-5-12(16)9-13/h3,5-6,9,14,17H,2,4,7-8,10-11H2,1H3,(H,18,20). The number of carbonyl (C=O) groups is 1. The van der Waals surface area contributed by atoms with Gasteiger partial charge in [0.15, 0.2) is 0 Å². The van der Waals surface area contributed by atoms with Crippen molar-refractivity contribution in [2.45, 2.75) is 25.8 Å². The molecule has 1 aromatic rings. The first-order valence-electron chi connectivity index (χ1n) is 7.18. The van der Waals surface area contributed by atoms with Gasteiger partial charge in [-0.25, -0.2) is 0 Å².